The van der Waals surface area contributed by atoms with Crippen LogP contribution in [0.4, 0.5) is 0 Å². The molecule has 0 fully saturated rings. The molecule has 0 radical (unpaired) electrons. The molecule has 3 nitrogen and oxygen atoms in total. The van der Waals surface area contributed by atoms with Gasteiger partial charge in [0.25, 0.3) is 5.95 Å². The lowest BCUT2D eigenvalue weighted by Crippen LogP contribution is -2.30. The summed E-state index contributed by atoms with van der Waals surface area (Å²) in [7, 11) is -3.37. The van der Waals surface area contributed by atoms with E-state index in [1.165, 1.54) is 0 Å². The highest BCUT2D eigenvalue weighted by Gasteiger charge is 2.23. The smallest absolute Gasteiger partial charge is 0.269 e. The van der Waals surface area contributed by atoms with Crippen molar-refractivity contribution < 1.29 is 13.6 Å². The van der Waals surface area contributed by atoms with Crippen LogP contribution in [-0.2, 0) is 13.6 Å². The predicted octanol–water partition coefficient (Wildman–Crippen LogP) is 4.86. The van der Waals surface area contributed by atoms with Gasteiger partial charge in [-0.25, -0.2) is 0 Å². The summed E-state index contributed by atoms with van der Waals surface area (Å²) in [6.45, 7) is 22.6. The number of rotatable bonds is 6. The Morgan fingerprint density at radius 1 is 0.895 bits per heavy atom. The van der Waals surface area contributed by atoms with E-state index < -0.39 is 16.6 Å². The third-order valence-corrected chi connectivity index (χ3v) is 3.22. The molecule has 5 heteroatoms. The van der Waals surface area contributed by atoms with Crippen molar-refractivity contribution in [1.82, 2.24) is 0 Å². The lowest BCUT2D eigenvalue weighted by molar-refractivity contribution is -0.00876. The maximum atomic E-state index is 5.95. The van der Waals surface area contributed by atoms with Gasteiger partial charge in [-0.1, -0.05) is 6.58 Å². The molecule has 0 saturated heterocycles. The summed E-state index contributed by atoms with van der Waals surface area (Å²) < 4.78 is 17.6. The van der Waals surface area contributed by atoms with E-state index in [1.807, 2.05) is 20.8 Å². The third kappa shape index (κ3) is 12.1. The van der Waals surface area contributed by atoms with Crippen LogP contribution in [0.15, 0.2) is 24.4 Å². The Balaban J connectivity index is 4.97. The molecular weight excluding hydrogens is 272 g/mol. The molecule has 0 aromatic heterocycles. The molecule has 0 N–H and O–H groups in total. The van der Waals surface area contributed by atoms with E-state index in [2.05, 4.69) is 45.9 Å². The predicted molar refractivity (Wildman–Crippen MR) is 86.9 cm³/mol. The van der Waals surface area contributed by atoms with Crippen molar-refractivity contribution in [2.24, 2.45) is 0 Å². The highest BCUT2D eigenvalue weighted by molar-refractivity contribution is 6.70. The van der Waals surface area contributed by atoms with E-state index in [1.54, 1.807) is 6.08 Å². The molecule has 0 aliphatic heterocycles. The van der Waals surface area contributed by atoms with Gasteiger partial charge in [-0.3, -0.25) is 0 Å². The summed E-state index contributed by atoms with van der Waals surface area (Å²) in [5.41, 5.74) is -0.301. The zero-order chi connectivity index (χ0) is 15.5. The Kier molecular flexibility index (Phi) is 5.95. The summed E-state index contributed by atoms with van der Waals surface area (Å²) in [6.07, 6.45) is 1.77. The monoisotopic (exact) mass is 302 g/mol. The van der Waals surface area contributed by atoms with Gasteiger partial charge in [0.1, 0.15) is 11.4 Å². The first kappa shape index (κ1) is 18.3. The first-order chi connectivity index (χ1) is 8.18. The summed E-state index contributed by atoms with van der Waals surface area (Å²) in [4.78, 5) is 0. The van der Waals surface area contributed by atoms with Gasteiger partial charge in [0.15, 0.2) is 0 Å². The van der Waals surface area contributed by atoms with Crippen LogP contribution < -0.4 is 0 Å². The van der Waals surface area contributed by atoms with Gasteiger partial charge < -0.3 is 13.6 Å². The van der Waals surface area contributed by atoms with Gasteiger partial charge >= 0.3 is 0 Å². The van der Waals surface area contributed by atoms with Crippen LogP contribution in [0, 0.1) is 0 Å². The van der Waals surface area contributed by atoms with E-state index in [9.17, 15) is 0 Å². The van der Waals surface area contributed by atoms with Gasteiger partial charge in [0, 0.05) is 0 Å². The maximum absolute atomic E-state index is 5.95. The fraction of sp³-hybridized carbons (Fsp3) is 0.714. The minimum atomic E-state index is -1.72. The quantitative estimate of drug-likeness (QED) is 0.398. The second kappa shape index (κ2) is 6.18. The van der Waals surface area contributed by atoms with E-state index in [0.717, 1.165) is 0 Å². The van der Waals surface area contributed by atoms with Gasteiger partial charge in [-0.2, -0.15) is 0 Å². The second-order valence-electron chi connectivity index (χ2n) is 7.57. The summed E-state index contributed by atoms with van der Waals surface area (Å²) in [5.74, 6) is 1.12. The molecule has 0 aromatic rings. The topological polar surface area (TPSA) is 27.7 Å². The molecule has 112 valence electrons. The van der Waals surface area contributed by atoms with Gasteiger partial charge in [0.05, 0.1) is 6.08 Å². The van der Waals surface area contributed by atoms with Crippen molar-refractivity contribution in [3.8, 4) is 0 Å². The first-order valence-corrected chi connectivity index (χ1v) is 13.5. The van der Waals surface area contributed by atoms with Crippen LogP contribution in [-0.4, -0.2) is 22.2 Å². The van der Waals surface area contributed by atoms with Crippen molar-refractivity contribution >= 4 is 16.6 Å². The lowest BCUT2D eigenvalue weighted by atomic mass is 10.2. The Labute approximate surface area is 120 Å². The molecule has 19 heavy (non-hydrogen) atoms. The van der Waals surface area contributed by atoms with Crippen molar-refractivity contribution in [3.63, 3.8) is 0 Å². The average Bonchev–Trinajstić information content (AvgIpc) is 1.90. The van der Waals surface area contributed by atoms with E-state index in [-0.39, 0.29) is 5.60 Å². The number of ether oxygens (including phenoxy) is 1. The molecule has 0 aliphatic rings. The van der Waals surface area contributed by atoms with E-state index >= 15 is 0 Å². The Morgan fingerprint density at radius 3 is 1.63 bits per heavy atom. The van der Waals surface area contributed by atoms with Crippen LogP contribution in [0.1, 0.15) is 20.8 Å². The molecule has 0 aromatic carbocycles. The third-order valence-electron chi connectivity index (χ3n) is 1.53. The van der Waals surface area contributed by atoms with E-state index in [4.69, 9.17) is 13.6 Å². The molecule has 0 rings (SSSR count). The Hall–Kier alpha value is -0.686. The molecule has 0 saturated carbocycles. The Morgan fingerprint density at radius 2 is 1.32 bits per heavy atom. The zero-order valence-electron chi connectivity index (χ0n) is 14.0. The summed E-state index contributed by atoms with van der Waals surface area (Å²) >= 11 is 0. The van der Waals surface area contributed by atoms with Gasteiger partial charge in [-0.05, 0) is 60.1 Å². The van der Waals surface area contributed by atoms with Crippen molar-refractivity contribution in [1.29, 1.82) is 0 Å². The van der Waals surface area contributed by atoms with Crippen LogP contribution in [0.25, 0.3) is 0 Å². The highest BCUT2D eigenvalue weighted by atomic mass is 28.4. The van der Waals surface area contributed by atoms with Crippen LogP contribution >= 0.6 is 0 Å². The van der Waals surface area contributed by atoms with Gasteiger partial charge in [-0.15, -0.1) is 0 Å². The molecule has 0 atom stereocenters. The molecule has 0 aliphatic carbocycles. The molecular formula is C14H30O3Si2. The van der Waals surface area contributed by atoms with Crippen LogP contribution in [0.5, 0.6) is 0 Å². The number of hydrogen-bond acceptors (Lipinski definition) is 3. The van der Waals surface area contributed by atoms with Crippen molar-refractivity contribution in [3.05, 3.63) is 24.4 Å². The second-order valence-corrected chi connectivity index (χ2v) is 16.4. The highest BCUT2D eigenvalue weighted by Crippen LogP contribution is 2.21. The fourth-order valence-electron chi connectivity index (χ4n) is 1.24. The molecule has 0 amide bonds. The standard InChI is InChI=1S/C14H30O3Si2/c1-12(16-18(5,6)7)11-13(15-14(2,3)4)17-19(8,9)10/h11H,1H2,2-10H3/b13-11+. The first-order valence-electron chi connectivity index (χ1n) is 6.66. The van der Waals surface area contributed by atoms with Gasteiger partial charge in [0.2, 0.25) is 16.6 Å². The number of hydrogen-bond donors (Lipinski definition) is 0. The van der Waals surface area contributed by atoms with Crippen LogP contribution in [0.3, 0.4) is 0 Å². The fourth-order valence-corrected chi connectivity index (χ4v) is 2.79. The molecule has 0 heterocycles. The minimum Gasteiger partial charge on any atom is -0.545 e. The zero-order valence-corrected chi connectivity index (χ0v) is 16.0. The van der Waals surface area contributed by atoms with E-state index in [0.29, 0.717) is 11.7 Å². The normalized spacial score (nSPS) is 14.1. The lowest BCUT2D eigenvalue weighted by Gasteiger charge is -2.28. The Bertz CT molecular complexity index is 323. The molecule has 0 spiro atoms. The summed E-state index contributed by atoms with van der Waals surface area (Å²) in [6, 6.07) is 0. The van der Waals surface area contributed by atoms with Crippen molar-refractivity contribution in [2.45, 2.75) is 65.7 Å². The SMILES string of the molecule is C=C(/C=C(\OC(C)(C)C)O[Si](C)(C)C)O[Si](C)(C)C. The average molecular weight is 303 g/mol. The molecule has 0 bridgehead atoms. The largest absolute Gasteiger partial charge is 0.545 e. The maximum Gasteiger partial charge on any atom is 0.269 e. The number of allylic oxidation sites excluding steroid dienone is 1. The van der Waals surface area contributed by atoms with Crippen molar-refractivity contribution in [2.75, 3.05) is 0 Å². The minimum absolute atomic E-state index is 0.301. The summed E-state index contributed by atoms with van der Waals surface area (Å²) in [5, 5.41) is 0. The van der Waals surface area contributed by atoms with Crippen LogP contribution in [0.2, 0.25) is 39.3 Å². The molecule has 0 unspecified atom stereocenters.